The third-order valence-corrected chi connectivity index (χ3v) is 4.70. The number of rotatable bonds is 5. The molecule has 6 nitrogen and oxygen atoms in total. The van der Waals surface area contributed by atoms with Crippen LogP contribution in [0.3, 0.4) is 0 Å². The van der Waals surface area contributed by atoms with Crippen molar-refractivity contribution in [3.63, 3.8) is 0 Å². The number of nitrogens with two attached hydrogens (primary N) is 1. The molecule has 0 bridgehead atoms. The number of thiol groups is 1. The summed E-state index contributed by atoms with van der Waals surface area (Å²) >= 11 is 5.82. The van der Waals surface area contributed by atoms with Crippen LogP contribution in [0.1, 0.15) is 10.6 Å². The molecule has 8 heteroatoms. The third-order valence-electron chi connectivity index (χ3n) is 3.38. The molecule has 2 N–H and O–H groups in total. The van der Waals surface area contributed by atoms with E-state index in [9.17, 15) is 0 Å². The van der Waals surface area contributed by atoms with Gasteiger partial charge in [-0.25, -0.2) is 15.0 Å². The highest BCUT2D eigenvalue weighted by Gasteiger charge is 2.11. The molecule has 3 rings (SSSR count). The van der Waals surface area contributed by atoms with Gasteiger partial charge in [-0.15, -0.1) is 12.6 Å². The van der Waals surface area contributed by atoms with Gasteiger partial charge in [-0.1, -0.05) is 17.4 Å². The van der Waals surface area contributed by atoms with Gasteiger partial charge in [0, 0.05) is 6.42 Å². The number of benzene rings is 1. The van der Waals surface area contributed by atoms with E-state index in [1.165, 1.54) is 11.3 Å². The third kappa shape index (κ3) is 3.32. The van der Waals surface area contributed by atoms with E-state index in [-0.39, 0.29) is 5.95 Å². The Hall–Kier alpha value is -2.06. The van der Waals surface area contributed by atoms with Crippen molar-refractivity contribution in [1.29, 1.82) is 0 Å². The Balaban J connectivity index is 1.79. The van der Waals surface area contributed by atoms with Crippen molar-refractivity contribution in [3.05, 3.63) is 28.8 Å². The van der Waals surface area contributed by atoms with Crippen LogP contribution in [0.2, 0.25) is 0 Å². The average Bonchev–Trinajstić information content (AvgIpc) is 2.95. The van der Waals surface area contributed by atoms with Crippen molar-refractivity contribution in [1.82, 2.24) is 15.0 Å². The smallest absolute Gasteiger partial charge is 0.222 e. The first-order chi connectivity index (χ1) is 11.1. The number of nitrogens with zero attached hydrogens (tertiary/aromatic N) is 3. The highest BCUT2D eigenvalue weighted by Crippen LogP contribution is 2.29. The van der Waals surface area contributed by atoms with E-state index in [1.54, 1.807) is 14.2 Å². The summed E-state index contributed by atoms with van der Waals surface area (Å²) in [6, 6.07) is 5.91. The van der Waals surface area contributed by atoms with Crippen LogP contribution in [0.15, 0.2) is 23.2 Å². The first-order valence-electron chi connectivity index (χ1n) is 6.93. The standard InChI is InChI=1S/C15H16N4O2S2/c1-20-9-5-3-8(7-10(9)21-2)4-6-11-17-12-13(22)18-15(16)19-14(12)23-11/h3,5,7H,4,6H2,1-2H3,(H3,16,18,19,22). The Bertz CT molecular complexity index is 851. The van der Waals surface area contributed by atoms with Gasteiger partial charge < -0.3 is 15.2 Å². The lowest BCUT2D eigenvalue weighted by Crippen LogP contribution is -1.95. The number of anilines is 1. The number of hydrogen-bond donors (Lipinski definition) is 2. The number of ether oxygens (including phenoxy) is 2. The van der Waals surface area contributed by atoms with Crippen molar-refractivity contribution >= 4 is 40.3 Å². The predicted octanol–water partition coefficient (Wildman–Crippen LogP) is 2.76. The summed E-state index contributed by atoms with van der Waals surface area (Å²) in [5.74, 6) is 1.67. The van der Waals surface area contributed by atoms with E-state index in [2.05, 4.69) is 27.6 Å². The second kappa shape index (κ2) is 6.59. The maximum atomic E-state index is 5.64. The molecule has 0 aliphatic rings. The number of aromatic nitrogens is 3. The summed E-state index contributed by atoms with van der Waals surface area (Å²) in [5, 5.41) is 1.49. The van der Waals surface area contributed by atoms with Crippen molar-refractivity contribution in [3.8, 4) is 11.5 Å². The number of thiazole rings is 1. The Morgan fingerprint density at radius 1 is 1.09 bits per heavy atom. The van der Waals surface area contributed by atoms with Crippen molar-refractivity contribution < 1.29 is 9.47 Å². The minimum absolute atomic E-state index is 0.220. The monoisotopic (exact) mass is 348 g/mol. The topological polar surface area (TPSA) is 83.2 Å². The quantitative estimate of drug-likeness (QED) is 0.545. The molecule has 0 atom stereocenters. The second-order valence-corrected chi connectivity index (χ2v) is 6.34. The van der Waals surface area contributed by atoms with E-state index in [0.717, 1.165) is 39.7 Å². The molecular weight excluding hydrogens is 332 g/mol. The fourth-order valence-corrected chi connectivity index (χ4v) is 3.54. The Labute approximate surface area is 143 Å². The minimum Gasteiger partial charge on any atom is -0.493 e. The summed E-state index contributed by atoms with van der Waals surface area (Å²) in [6.45, 7) is 0. The van der Waals surface area contributed by atoms with Crippen LogP contribution in [-0.2, 0) is 12.8 Å². The lowest BCUT2D eigenvalue weighted by Gasteiger charge is -2.09. The molecule has 1 aromatic carbocycles. The van der Waals surface area contributed by atoms with Crippen molar-refractivity contribution in [2.45, 2.75) is 17.9 Å². The molecule has 0 fully saturated rings. The molecule has 3 aromatic rings. The molecule has 0 spiro atoms. The van der Waals surface area contributed by atoms with Crippen LogP contribution >= 0.6 is 24.0 Å². The molecule has 0 radical (unpaired) electrons. The first-order valence-corrected chi connectivity index (χ1v) is 8.20. The van der Waals surface area contributed by atoms with E-state index in [0.29, 0.717) is 10.5 Å². The molecule has 0 saturated heterocycles. The van der Waals surface area contributed by atoms with E-state index in [4.69, 9.17) is 15.2 Å². The molecule has 23 heavy (non-hydrogen) atoms. The maximum absolute atomic E-state index is 5.64. The zero-order valence-corrected chi connectivity index (χ0v) is 14.4. The van der Waals surface area contributed by atoms with Crippen LogP contribution in [-0.4, -0.2) is 29.2 Å². The number of hydrogen-bond acceptors (Lipinski definition) is 8. The largest absolute Gasteiger partial charge is 0.493 e. The molecular formula is C15H16N4O2S2. The fourth-order valence-electron chi connectivity index (χ4n) is 2.26. The molecule has 120 valence electrons. The van der Waals surface area contributed by atoms with Gasteiger partial charge in [0.1, 0.15) is 15.4 Å². The van der Waals surface area contributed by atoms with Gasteiger partial charge >= 0.3 is 0 Å². The van der Waals surface area contributed by atoms with Crippen LogP contribution in [0.25, 0.3) is 10.3 Å². The number of nitrogen functional groups attached to an aromatic ring is 1. The fraction of sp³-hybridized carbons (Fsp3) is 0.267. The van der Waals surface area contributed by atoms with Crippen LogP contribution < -0.4 is 15.2 Å². The lowest BCUT2D eigenvalue weighted by molar-refractivity contribution is 0.354. The summed E-state index contributed by atoms with van der Waals surface area (Å²) in [6.07, 6.45) is 1.63. The number of methoxy groups -OCH3 is 2. The second-order valence-electron chi connectivity index (χ2n) is 4.86. The van der Waals surface area contributed by atoms with Gasteiger partial charge in [0.2, 0.25) is 5.95 Å². The summed E-state index contributed by atoms with van der Waals surface area (Å²) < 4.78 is 10.6. The molecule has 2 aromatic heterocycles. The van der Waals surface area contributed by atoms with Gasteiger partial charge in [-0.05, 0) is 24.1 Å². The highest BCUT2D eigenvalue weighted by molar-refractivity contribution is 7.80. The number of fused-ring (bicyclic) bond motifs is 1. The Morgan fingerprint density at radius 3 is 2.61 bits per heavy atom. The zero-order valence-electron chi connectivity index (χ0n) is 12.7. The van der Waals surface area contributed by atoms with Gasteiger partial charge in [-0.2, -0.15) is 0 Å². The molecule has 0 unspecified atom stereocenters. The van der Waals surface area contributed by atoms with Crippen LogP contribution in [0.5, 0.6) is 11.5 Å². The maximum Gasteiger partial charge on any atom is 0.222 e. The zero-order chi connectivity index (χ0) is 16.4. The van der Waals surface area contributed by atoms with E-state index in [1.807, 2.05) is 18.2 Å². The van der Waals surface area contributed by atoms with Gasteiger partial charge in [0.25, 0.3) is 0 Å². The molecule has 0 aliphatic heterocycles. The predicted molar refractivity (Wildman–Crippen MR) is 93.8 cm³/mol. The minimum atomic E-state index is 0.220. The molecule has 0 amide bonds. The van der Waals surface area contributed by atoms with E-state index >= 15 is 0 Å². The first kappa shape index (κ1) is 15.8. The Kier molecular flexibility index (Phi) is 4.53. The molecule has 0 saturated carbocycles. The van der Waals surface area contributed by atoms with Gasteiger partial charge in [0.15, 0.2) is 11.5 Å². The summed E-state index contributed by atoms with van der Waals surface area (Å²) in [7, 11) is 3.26. The molecule has 0 aliphatic carbocycles. The normalized spacial score (nSPS) is 10.9. The summed E-state index contributed by atoms with van der Waals surface area (Å²) in [4.78, 5) is 13.5. The van der Waals surface area contributed by atoms with Crippen molar-refractivity contribution in [2.24, 2.45) is 0 Å². The molecule has 2 heterocycles. The highest BCUT2D eigenvalue weighted by atomic mass is 32.1. The van der Waals surface area contributed by atoms with Gasteiger partial charge in [0.05, 0.1) is 19.2 Å². The Morgan fingerprint density at radius 2 is 1.87 bits per heavy atom. The van der Waals surface area contributed by atoms with Crippen LogP contribution in [0.4, 0.5) is 5.95 Å². The van der Waals surface area contributed by atoms with Gasteiger partial charge in [-0.3, -0.25) is 0 Å². The van der Waals surface area contributed by atoms with Crippen molar-refractivity contribution in [2.75, 3.05) is 20.0 Å². The lowest BCUT2D eigenvalue weighted by atomic mass is 10.1. The number of aryl methyl sites for hydroxylation is 2. The average molecular weight is 348 g/mol. The van der Waals surface area contributed by atoms with E-state index < -0.39 is 0 Å². The van der Waals surface area contributed by atoms with Crippen LogP contribution in [0, 0.1) is 0 Å². The SMILES string of the molecule is COc1ccc(CCc2nc3c(S)nc(N)nc3s2)cc1OC. The summed E-state index contributed by atoms with van der Waals surface area (Å²) in [5.41, 5.74) is 7.50.